The lowest BCUT2D eigenvalue weighted by atomic mass is 9.96. The minimum atomic E-state index is -0.860. The minimum absolute atomic E-state index is 0.0115. The van der Waals surface area contributed by atoms with Gasteiger partial charge in [-0.3, -0.25) is 9.59 Å². The van der Waals surface area contributed by atoms with E-state index in [0.29, 0.717) is 12.0 Å². The summed E-state index contributed by atoms with van der Waals surface area (Å²) in [7, 11) is 0. The molecule has 0 amide bonds. The molecule has 0 unspecified atom stereocenters. The summed E-state index contributed by atoms with van der Waals surface area (Å²) in [4.78, 5) is 22.6. The van der Waals surface area contributed by atoms with Gasteiger partial charge in [0.2, 0.25) is 0 Å². The van der Waals surface area contributed by atoms with Gasteiger partial charge in [0.25, 0.3) is 0 Å². The van der Waals surface area contributed by atoms with E-state index >= 15 is 0 Å². The van der Waals surface area contributed by atoms with Gasteiger partial charge >= 0.3 is 5.97 Å². The Morgan fingerprint density at radius 2 is 1.68 bits per heavy atom. The van der Waals surface area contributed by atoms with E-state index in [1.165, 1.54) is 0 Å². The minimum Gasteiger partial charge on any atom is -0.481 e. The summed E-state index contributed by atoms with van der Waals surface area (Å²) in [5, 5.41) is 10.6. The van der Waals surface area contributed by atoms with Crippen LogP contribution in [-0.4, -0.2) is 16.9 Å². The van der Waals surface area contributed by atoms with Crippen LogP contribution in [-0.2, 0) is 4.79 Å². The Hall–Kier alpha value is -2.16. The summed E-state index contributed by atoms with van der Waals surface area (Å²) >= 11 is 0. The first-order chi connectivity index (χ1) is 9.09. The number of hydrogen-bond acceptors (Lipinski definition) is 2. The molecule has 0 fully saturated rings. The van der Waals surface area contributed by atoms with E-state index in [1.807, 2.05) is 43.3 Å². The first-order valence-electron chi connectivity index (χ1n) is 6.33. The topological polar surface area (TPSA) is 54.4 Å². The third-order valence-corrected chi connectivity index (χ3v) is 3.24. The van der Waals surface area contributed by atoms with Gasteiger partial charge in [-0.2, -0.15) is 0 Å². The monoisotopic (exact) mass is 256 g/mol. The third-order valence-electron chi connectivity index (χ3n) is 3.24. The number of benzene rings is 2. The van der Waals surface area contributed by atoms with Crippen LogP contribution in [0.25, 0.3) is 10.8 Å². The molecule has 2 aromatic rings. The van der Waals surface area contributed by atoms with Crippen LogP contribution in [0.5, 0.6) is 0 Å². The van der Waals surface area contributed by atoms with Crippen molar-refractivity contribution in [2.75, 3.05) is 0 Å². The van der Waals surface area contributed by atoms with Gasteiger partial charge in [0.1, 0.15) is 0 Å². The van der Waals surface area contributed by atoms with Gasteiger partial charge in [-0.25, -0.2) is 0 Å². The molecule has 3 nitrogen and oxygen atoms in total. The molecule has 0 aromatic heterocycles. The van der Waals surface area contributed by atoms with E-state index in [-0.39, 0.29) is 18.6 Å². The Morgan fingerprint density at radius 3 is 2.37 bits per heavy atom. The van der Waals surface area contributed by atoms with Crippen LogP contribution >= 0.6 is 0 Å². The molecule has 98 valence electrons. The van der Waals surface area contributed by atoms with Gasteiger partial charge in [-0.1, -0.05) is 36.4 Å². The smallest absolute Gasteiger partial charge is 0.303 e. The number of carboxylic acid groups (broad SMARTS) is 1. The van der Waals surface area contributed by atoms with Crippen molar-refractivity contribution in [2.24, 2.45) is 0 Å². The number of carbonyl (C=O) groups excluding carboxylic acids is 1. The highest BCUT2D eigenvalue weighted by atomic mass is 16.4. The average molecular weight is 256 g/mol. The van der Waals surface area contributed by atoms with Crippen LogP contribution in [0.1, 0.15) is 35.2 Å². The summed E-state index contributed by atoms with van der Waals surface area (Å²) in [5.41, 5.74) is 1.82. The van der Waals surface area contributed by atoms with Crippen molar-refractivity contribution in [3.63, 3.8) is 0 Å². The molecule has 0 heterocycles. The summed E-state index contributed by atoms with van der Waals surface area (Å²) in [6.07, 6.45) is 0.700. The second-order valence-electron chi connectivity index (χ2n) is 4.65. The zero-order valence-electron chi connectivity index (χ0n) is 10.8. The van der Waals surface area contributed by atoms with Crippen LogP contribution in [0.2, 0.25) is 0 Å². The molecule has 0 aliphatic heterocycles. The number of rotatable bonds is 5. The van der Waals surface area contributed by atoms with Crippen LogP contribution in [0.4, 0.5) is 0 Å². The predicted octanol–water partition coefficient (Wildman–Crippen LogP) is 3.59. The molecule has 3 heteroatoms. The number of fused-ring (bicyclic) bond motifs is 1. The molecule has 2 rings (SSSR count). The Balaban J connectivity index is 2.27. The summed E-state index contributed by atoms with van der Waals surface area (Å²) in [6.45, 7) is 2.01. The Kier molecular flexibility index (Phi) is 3.95. The van der Waals surface area contributed by atoms with Gasteiger partial charge < -0.3 is 5.11 Å². The highest BCUT2D eigenvalue weighted by molar-refractivity contribution is 6.08. The predicted molar refractivity (Wildman–Crippen MR) is 74.5 cm³/mol. The lowest BCUT2D eigenvalue weighted by Gasteiger charge is -2.07. The molecule has 0 spiro atoms. The van der Waals surface area contributed by atoms with E-state index < -0.39 is 5.97 Å². The maximum Gasteiger partial charge on any atom is 0.303 e. The maximum atomic E-state index is 12.2. The van der Waals surface area contributed by atoms with Crippen LogP contribution in [0, 0.1) is 6.92 Å². The largest absolute Gasteiger partial charge is 0.481 e. The third kappa shape index (κ3) is 2.99. The number of ketones is 1. The van der Waals surface area contributed by atoms with Gasteiger partial charge in [-0.15, -0.1) is 0 Å². The van der Waals surface area contributed by atoms with E-state index in [2.05, 4.69) is 0 Å². The molecule has 2 aromatic carbocycles. The first kappa shape index (κ1) is 13.3. The van der Waals surface area contributed by atoms with E-state index in [0.717, 1.165) is 16.3 Å². The number of aryl methyl sites for hydroxylation is 1. The zero-order valence-corrected chi connectivity index (χ0v) is 10.8. The van der Waals surface area contributed by atoms with Crippen LogP contribution in [0.15, 0.2) is 36.4 Å². The molecular formula is C16H16O3. The molecular weight excluding hydrogens is 240 g/mol. The van der Waals surface area contributed by atoms with E-state index in [9.17, 15) is 9.59 Å². The van der Waals surface area contributed by atoms with Crippen molar-refractivity contribution < 1.29 is 14.7 Å². The van der Waals surface area contributed by atoms with Crippen molar-refractivity contribution in [2.45, 2.75) is 26.2 Å². The van der Waals surface area contributed by atoms with Crippen molar-refractivity contribution in [1.29, 1.82) is 0 Å². The number of aliphatic carboxylic acids is 1. The maximum absolute atomic E-state index is 12.2. The van der Waals surface area contributed by atoms with Crippen LogP contribution < -0.4 is 0 Å². The highest BCUT2D eigenvalue weighted by Crippen LogP contribution is 2.23. The molecule has 0 aliphatic rings. The summed E-state index contributed by atoms with van der Waals surface area (Å²) in [5.74, 6) is -0.848. The molecule has 0 saturated heterocycles. The normalized spacial score (nSPS) is 10.6. The second-order valence-corrected chi connectivity index (χ2v) is 4.65. The fraction of sp³-hybridized carbons (Fsp3) is 0.250. The fourth-order valence-electron chi connectivity index (χ4n) is 2.23. The van der Waals surface area contributed by atoms with Gasteiger partial charge in [0.05, 0.1) is 0 Å². The lowest BCUT2D eigenvalue weighted by molar-refractivity contribution is -0.137. The van der Waals surface area contributed by atoms with Crippen LogP contribution in [0.3, 0.4) is 0 Å². The van der Waals surface area contributed by atoms with Crippen molar-refractivity contribution in [3.05, 3.63) is 47.5 Å². The number of Topliss-reactive ketones (excluding diaryl/α,β-unsaturated/α-hetero) is 1. The molecule has 0 radical (unpaired) electrons. The molecule has 0 atom stereocenters. The number of carbonyl (C=O) groups is 2. The standard InChI is InChI=1S/C16H16O3/c1-11-9-10-14(13-6-3-2-5-12(11)13)15(17)7-4-8-16(18)19/h2-3,5-6,9-10H,4,7-8H2,1H3,(H,18,19). The summed E-state index contributed by atoms with van der Waals surface area (Å²) < 4.78 is 0. The van der Waals surface area contributed by atoms with Crippen molar-refractivity contribution in [1.82, 2.24) is 0 Å². The van der Waals surface area contributed by atoms with Crippen molar-refractivity contribution in [3.8, 4) is 0 Å². The quantitative estimate of drug-likeness (QED) is 0.832. The van der Waals surface area contributed by atoms with Crippen molar-refractivity contribution >= 4 is 22.5 Å². The zero-order chi connectivity index (χ0) is 13.8. The molecule has 0 aliphatic carbocycles. The van der Waals surface area contributed by atoms with Gasteiger partial charge in [0.15, 0.2) is 5.78 Å². The Labute approximate surface area is 111 Å². The Bertz CT molecular complexity index is 629. The van der Waals surface area contributed by atoms with E-state index in [1.54, 1.807) is 0 Å². The summed E-state index contributed by atoms with van der Waals surface area (Å²) in [6, 6.07) is 11.6. The first-order valence-corrected chi connectivity index (χ1v) is 6.33. The van der Waals surface area contributed by atoms with E-state index in [4.69, 9.17) is 5.11 Å². The molecule has 0 saturated carbocycles. The Morgan fingerprint density at radius 1 is 1.00 bits per heavy atom. The SMILES string of the molecule is Cc1ccc(C(=O)CCCC(=O)O)c2ccccc12. The highest BCUT2D eigenvalue weighted by Gasteiger charge is 2.11. The number of carboxylic acids is 1. The fourth-order valence-corrected chi connectivity index (χ4v) is 2.23. The molecule has 1 N–H and O–H groups in total. The van der Waals surface area contributed by atoms with Gasteiger partial charge in [0, 0.05) is 18.4 Å². The molecule has 0 bridgehead atoms. The number of hydrogen-bond donors (Lipinski definition) is 1. The average Bonchev–Trinajstić information content (AvgIpc) is 2.39. The lowest BCUT2D eigenvalue weighted by Crippen LogP contribution is -2.03. The second kappa shape index (κ2) is 5.65. The molecule has 19 heavy (non-hydrogen) atoms. The van der Waals surface area contributed by atoms with Gasteiger partial charge in [-0.05, 0) is 29.7 Å².